The second kappa shape index (κ2) is 5.76. The Bertz CT molecular complexity index is 645. The maximum absolute atomic E-state index is 11.8. The van der Waals surface area contributed by atoms with E-state index in [1.54, 1.807) is 25.1 Å². The Kier molecular flexibility index (Phi) is 4.27. The van der Waals surface area contributed by atoms with Gasteiger partial charge in [0.2, 0.25) is 0 Å². The molecular formula is C14H14Cl2N2O. The Balaban J connectivity index is 2.44. The molecule has 0 saturated heterocycles. The summed E-state index contributed by atoms with van der Waals surface area (Å²) in [6, 6.07) is 5.34. The molecule has 19 heavy (non-hydrogen) atoms. The van der Waals surface area contributed by atoms with Gasteiger partial charge in [-0.05, 0) is 31.0 Å². The van der Waals surface area contributed by atoms with Crippen LogP contribution in [0.25, 0.3) is 0 Å². The Morgan fingerprint density at radius 2 is 1.89 bits per heavy atom. The molecule has 0 radical (unpaired) electrons. The normalized spacial score (nSPS) is 10.7. The van der Waals surface area contributed by atoms with Crippen molar-refractivity contribution < 1.29 is 0 Å². The number of aryl methyl sites for hydroxylation is 1. The van der Waals surface area contributed by atoms with Gasteiger partial charge in [-0.3, -0.25) is 4.79 Å². The zero-order valence-corrected chi connectivity index (χ0v) is 12.3. The van der Waals surface area contributed by atoms with Crippen LogP contribution in [0, 0.1) is 6.92 Å². The van der Waals surface area contributed by atoms with Crippen molar-refractivity contribution in [1.82, 2.24) is 9.97 Å². The van der Waals surface area contributed by atoms with E-state index in [4.69, 9.17) is 23.2 Å². The third-order valence-electron chi connectivity index (χ3n) is 3.04. The van der Waals surface area contributed by atoms with Gasteiger partial charge in [-0.2, -0.15) is 0 Å². The van der Waals surface area contributed by atoms with Crippen molar-refractivity contribution in [2.24, 2.45) is 0 Å². The number of rotatable bonds is 3. The van der Waals surface area contributed by atoms with Gasteiger partial charge in [-0.1, -0.05) is 36.2 Å². The van der Waals surface area contributed by atoms with Crippen molar-refractivity contribution in [3.05, 3.63) is 61.2 Å². The molecule has 100 valence electrons. The van der Waals surface area contributed by atoms with Crippen LogP contribution in [-0.4, -0.2) is 9.97 Å². The molecule has 1 aromatic heterocycles. The standard InChI is InChI=1S/C14H14Cl2N2O/c1-3-12-8(2)14(19)18-13(17-12)7-9-10(15)5-4-6-11(9)16/h4-6H,3,7H2,1-2H3,(H,17,18,19). The van der Waals surface area contributed by atoms with E-state index in [0.29, 0.717) is 27.9 Å². The summed E-state index contributed by atoms with van der Waals surface area (Å²) in [5.74, 6) is 0.586. The van der Waals surface area contributed by atoms with Gasteiger partial charge in [-0.25, -0.2) is 4.98 Å². The van der Waals surface area contributed by atoms with Crippen LogP contribution in [0.15, 0.2) is 23.0 Å². The van der Waals surface area contributed by atoms with Gasteiger partial charge < -0.3 is 4.98 Å². The van der Waals surface area contributed by atoms with E-state index in [0.717, 1.165) is 17.7 Å². The molecule has 1 aromatic carbocycles. The van der Waals surface area contributed by atoms with Crippen LogP contribution >= 0.6 is 23.2 Å². The topological polar surface area (TPSA) is 45.8 Å². The number of nitrogens with one attached hydrogen (secondary N) is 1. The Morgan fingerprint density at radius 3 is 2.47 bits per heavy atom. The molecule has 0 amide bonds. The molecule has 0 atom stereocenters. The lowest BCUT2D eigenvalue weighted by Gasteiger charge is -2.08. The highest BCUT2D eigenvalue weighted by molar-refractivity contribution is 6.36. The van der Waals surface area contributed by atoms with E-state index in [2.05, 4.69) is 9.97 Å². The molecule has 0 aliphatic carbocycles. The maximum atomic E-state index is 11.8. The molecule has 0 aliphatic rings. The van der Waals surface area contributed by atoms with E-state index < -0.39 is 0 Å². The zero-order chi connectivity index (χ0) is 14.0. The predicted molar refractivity (Wildman–Crippen MR) is 78.2 cm³/mol. The van der Waals surface area contributed by atoms with Gasteiger partial charge in [0.05, 0.1) is 5.69 Å². The van der Waals surface area contributed by atoms with E-state index in [1.807, 2.05) is 6.92 Å². The summed E-state index contributed by atoms with van der Waals surface area (Å²) in [6.07, 6.45) is 1.14. The highest BCUT2D eigenvalue weighted by atomic mass is 35.5. The third kappa shape index (κ3) is 2.99. The van der Waals surface area contributed by atoms with Crippen LogP contribution in [0.1, 0.15) is 29.6 Å². The van der Waals surface area contributed by atoms with Crippen LogP contribution in [-0.2, 0) is 12.8 Å². The third-order valence-corrected chi connectivity index (χ3v) is 3.75. The fourth-order valence-electron chi connectivity index (χ4n) is 1.93. The quantitative estimate of drug-likeness (QED) is 0.942. The summed E-state index contributed by atoms with van der Waals surface area (Å²) in [5.41, 5.74) is 2.14. The largest absolute Gasteiger partial charge is 0.310 e. The number of nitrogens with zero attached hydrogens (tertiary/aromatic N) is 1. The minimum atomic E-state index is -0.106. The van der Waals surface area contributed by atoms with Gasteiger partial charge in [-0.15, -0.1) is 0 Å². The van der Waals surface area contributed by atoms with Gasteiger partial charge >= 0.3 is 0 Å². The molecule has 1 N–H and O–H groups in total. The highest BCUT2D eigenvalue weighted by Crippen LogP contribution is 2.25. The lowest BCUT2D eigenvalue weighted by atomic mass is 10.1. The zero-order valence-electron chi connectivity index (χ0n) is 10.8. The smallest absolute Gasteiger partial charge is 0.254 e. The van der Waals surface area contributed by atoms with Gasteiger partial charge in [0, 0.05) is 22.0 Å². The van der Waals surface area contributed by atoms with Crippen LogP contribution in [0.2, 0.25) is 10.0 Å². The van der Waals surface area contributed by atoms with Crippen LogP contribution in [0.5, 0.6) is 0 Å². The molecule has 5 heteroatoms. The molecular weight excluding hydrogens is 283 g/mol. The van der Waals surface area contributed by atoms with Gasteiger partial charge in [0.1, 0.15) is 5.82 Å². The highest BCUT2D eigenvalue weighted by Gasteiger charge is 2.10. The molecule has 1 heterocycles. The number of hydrogen-bond donors (Lipinski definition) is 1. The summed E-state index contributed by atoms with van der Waals surface area (Å²) < 4.78 is 0. The molecule has 3 nitrogen and oxygen atoms in total. The lowest BCUT2D eigenvalue weighted by molar-refractivity contribution is 0.868. The Morgan fingerprint density at radius 1 is 1.26 bits per heavy atom. The lowest BCUT2D eigenvalue weighted by Crippen LogP contribution is -2.18. The van der Waals surface area contributed by atoms with Crippen molar-refractivity contribution in [3.8, 4) is 0 Å². The van der Waals surface area contributed by atoms with Crippen molar-refractivity contribution in [2.45, 2.75) is 26.7 Å². The molecule has 0 spiro atoms. The Hall–Kier alpha value is -1.32. The van der Waals surface area contributed by atoms with Crippen molar-refractivity contribution in [3.63, 3.8) is 0 Å². The summed E-state index contributed by atoms with van der Waals surface area (Å²) >= 11 is 12.2. The number of aromatic nitrogens is 2. The average Bonchev–Trinajstić information content (AvgIpc) is 2.38. The van der Waals surface area contributed by atoms with Crippen molar-refractivity contribution in [2.75, 3.05) is 0 Å². The minimum absolute atomic E-state index is 0.106. The first-order valence-electron chi connectivity index (χ1n) is 6.04. The fraction of sp³-hybridized carbons (Fsp3) is 0.286. The second-order valence-electron chi connectivity index (χ2n) is 4.31. The molecule has 0 aliphatic heterocycles. The van der Waals surface area contributed by atoms with Crippen LogP contribution < -0.4 is 5.56 Å². The van der Waals surface area contributed by atoms with Gasteiger partial charge in [0.15, 0.2) is 0 Å². The number of halogens is 2. The maximum Gasteiger partial charge on any atom is 0.254 e. The van der Waals surface area contributed by atoms with Crippen molar-refractivity contribution >= 4 is 23.2 Å². The summed E-state index contributed by atoms with van der Waals surface area (Å²) in [7, 11) is 0. The average molecular weight is 297 g/mol. The second-order valence-corrected chi connectivity index (χ2v) is 5.13. The predicted octanol–water partition coefficient (Wildman–Crippen LogP) is 3.54. The van der Waals surface area contributed by atoms with E-state index in [9.17, 15) is 4.79 Å². The first kappa shape index (κ1) is 14.1. The first-order valence-corrected chi connectivity index (χ1v) is 6.80. The number of hydrogen-bond acceptors (Lipinski definition) is 2. The molecule has 0 saturated carbocycles. The van der Waals surface area contributed by atoms with Crippen LogP contribution in [0.3, 0.4) is 0 Å². The van der Waals surface area contributed by atoms with Crippen molar-refractivity contribution in [1.29, 1.82) is 0 Å². The van der Waals surface area contributed by atoms with E-state index in [1.165, 1.54) is 0 Å². The molecule has 0 bridgehead atoms. The number of benzene rings is 1. The van der Waals surface area contributed by atoms with E-state index in [-0.39, 0.29) is 5.56 Å². The Labute approximate surface area is 121 Å². The van der Waals surface area contributed by atoms with E-state index >= 15 is 0 Å². The van der Waals surface area contributed by atoms with Crippen LogP contribution in [0.4, 0.5) is 0 Å². The molecule has 0 unspecified atom stereocenters. The molecule has 0 fully saturated rings. The monoisotopic (exact) mass is 296 g/mol. The molecule has 2 aromatic rings. The summed E-state index contributed by atoms with van der Waals surface area (Å²) in [6.45, 7) is 3.75. The first-order chi connectivity index (χ1) is 9.02. The SMILES string of the molecule is CCc1nc(Cc2c(Cl)cccc2Cl)[nH]c(=O)c1C. The number of aromatic amines is 1. The number of H-pyrrole nitrogens is 1. The molecule has 2 rings (SSSR count). The summed E-state index contributed by atoms with van der Waals surface area (Å²) in [4.78, 5) is 19.0. The van der Waals surface area contributed by atoms with Gasteiger partial charge in [0.25, 0.3) is 5.56 Å². The fourth-order valence-corrected chi connectivity index (χ4v) is 2.46. The minimum Gasteiger partial charge on any atom is -0.310 e. The summed E-state index contributed by atoms with van der Waals surface area (Å²) in [5, 5.41) is 1.16.